The molecule has 0 spiro atoms. The van der Waals surface area contributed by atoms with Gasteiger partial charge in [-0.25, -0.2) is 8.42 Å². The number of hydrogen-bond acceptors (Lipinski definition) is 4. The van der Waals surface area contributed by atoms with E-state index >= 15 is 0 Å². The van der Waals surface area contributed by atoms with Gasteiger partial charge in [0.1, 0.15) is 6.54 Å². The lowest BCUT2D eigenvalue weighted by atomic mass is 10.3. The van der Waals surface area contributed by atoms with Crippen molar-refractivity contribution in [3.05, 3.63) is 24.3 Å². The summed E-state index contributed by atoms with van der Waals surface area (Å²) in [7, 11) is -3.25. The van der Waals surface area contributed by atoms with E-state index in [-0.39, 0.29) is 11.4 Å². The van der Waals surface area contributed by atoms with Gasteiger partial charge >= 0.3 is 5.97 Å². The van der Waals surface area contributed by atoms with Crippen molar-refractivity contribution in [2.45, 2.75) is 4.90 Å². The summed E-state index contributed by atoms with van der Waals surface area (Å²) in [5, 5.41) is 11.0. The van der Waals surface area contributed by atoms with Gasteiger partial charge in [0.25, 0.3) is 0 Å². The minimum atomic E-state index is -3.25. The van der Waals surface area contributed by atoms with E-state index in [9.17, 15) is 13.2 Å². The fraction of sp³-hybridized carbons (Fsp3) is 0.222. The summed E-state index contributed by atoms with van der Waals surface area (Å²) in [6.45, 7) is -0.243. The Hall–Kier alpha value is -1.56. The number of anilines is 1. The lowest BCUT2D eigenvalue weighted by Crippen LogP contribution is -2.12. The van der Waals surface area contributed by atoms with Crippen molar-refractivity contribution in [3.8, 4) is 0 Å². The van der Waals surface area contributed by atoms with Gasteiger partial charge in [-0.3, -0.25) is 4.79 Å². The zero-order valence-electron chi connectivity index (χ0n) is 8.10. The average molecular weight is 229 g/mol. The molecular formula is C9H11NO4S. The Balaban J connectivity index is 2.89. The largest absolute Gasteiger partial charge is 0.480 e. The molecule has 0 heterocycles. The van der Waals surface area contributed by atoms with Crippen LogP contribution in [0.3, 0.4) is 0 Å². The minimum Gasteiger partial charge on any atom is -0.480 e. The first kappa shape index (κ1) is 11.5. The monoisotopic (exact) mass is 229 g/mol. The maximum Gasteiger partial charge on any atom is 0.322 e. The fourth-order valence-corrected chi connectivity index (χ4v) is 1.68. The summed E-state index contributed by atoms with van der Waals surface area (Å²) in [5.41, 5.74) is 0.473. The van der Waals surface area contributed by atoms with Gasteiger partial charge < -0.3 is 10.4 Å². The van der Waals surface area contributed by atoms with Crippen molar-refractivity contribution < 1.29 is 18.3 Å². The number of rotatable bonds is 4. The lowest BCUT2D eigenvalue weighted by molar-refractivity contribution is -0.134. The Morgan fingerprint density at radius 3 is 2.67 bits per heavy atom. The molecule has 1 rings (SSSR count). The smallest absolute Gasteiger partial charge is 0.322 e. The fourth-order valence-electron chi connectivity index (χ4n) is 1.01. The summed E-state index contributed by atoms with van der Waals surface area (Å²) in [4.78, 5) is 10.4. The first-order valence-corrected chi connectivity index (χ1v) is 6.04. The molecule has 0 saturated carbocycles. The van der Waals surface area contributed by atoms with Gasteiger partial charge in [0.05, 0.1) is 4.90 Å². The van der Waals surface area contributed by atoms with Crippen LogP contribution < -0.4 is 5.32 Å². The number of hydrogen-bond donors (Lipinski definition) is 2. The van der Waals surface area contributed by atoms with E-state index in [1.807, 2.05) is 0 Å². The molecule has 1 aromatic rings. The van der Waals surface area contributed by atoms with Crippen LogP contribution in [0.2, 0.25) is 0 Å². The molecule has 82 valence electrons. The Bertz CT molecular complexity index is 467. The zero-order valence-corrected chi connectivity index (χ0v) is 8.91. The summed E-state index contributed by atoms with van der Waals surface area (Å²) in [6.07, 6.45) is 1.10. The maximum absolute atomic E-state index is 11.2. The predicted molar refractivity (Wildman–Crippen MR) is 55.7 cm³/mol. The molecule has 0 aliphatic heterocycles. The molecule has 5 nitrogen and oxygen atoms in total. The third-order valence-electron chi connectivity index (χ3n) is 1.71. The van der Waals surface area contributed by atoms with Gasteiger partial charge in [-0.05, 0) is 18.2 Å². The number of carbonyl (C=O) groups is 1. The molecule has 0 bridgehead atoms. The van der Waals surface area contributed by atoms with Crippen LogP contribution in [0, 0.1) is 0 Å². The van der Waals surface area contributed by atoms with Crippen molar-refractivity contribution in [2.24, 2.45) is 0 Å². The van der Waals surface area contributed by atoms with Gasteiger partial charge in [-0.15, -0.1) is 0 Å². The van der Waals surface area contributed by atoms with E-state index in [1.54, 1.807) is 12.1 Å². The standard InChI is InChI=1S/C9H11NO4S/c1-15(13,14)8-4-2-3-7(5-8)10-6-9(11)12/h2-5,10H,6H2,1H3,(H,11,12). The summed E-state index contributed by atoms with van der Waals surface area (Å²) in [5.74, 6) is -1.00. The molecule has 0 unspecified atom stereocenters. The van der Waals surface area contributed by atoms with Crippen molar-refractivity contribution in [1.29, 1.82) is 0 Å². The molecule has 0 fully saturated rings. The molecule has 15 heavy (non-hydrogen) atoms. The van der Waals surface area contributed by atoms with E-state index in [0.29, 0.717) is 5.69 Å². The number of sulfone groups is 1. The average Bonchev–Trinajstić information content (AvgIpc) is 2.14. The summed E-state index contributed by atoms with van der Waals surface area (Å²) < 4.78 is 22.4. The van der Waals surface area contributed by atoms with E-state index < -0.39 is 15.8 Å². The first-order valence-electron chi connectivity index (χ1n) is 4.15. The molecular weight excluding hydrogens is 218 g/mol. The Morgan fingerprint density at radius 2 is 2.13 bits per heavy atom. The van der Waals surface area contributed by atoms with Crippen LogP contribution in [0.4, 0.5) is 5.69 Å². The van der Waals surface area contributed by atoms with Crippen molar-refractivity contribution in [1.82, 2.24) is 0 Å². The van der Waals surface area contributed by atoms with Gasteiger partial charge in [0.2, 0.25) is 0 Å². The van der Waals surface area contributed by atoms with Gasteiger partial charge in [-0.2, -0.15) is 0 Å². The van der Waals surface area contributed by atoms with Crippen LogP contribution in [-0.4, -0.2) is 32.3 Å². The number of carboxylic acids is 1. The van der Waals surface area contributed by atoms with Gasteiger partial charge in [0.15, 0.2) is 9.84 Å². The minimum absolute atomic E-state index is 0.165. The number of nitrogens with one attached hydrogen (secondary N) is 1. The Labute approximate surface area is 87.7 Å². The van der Waals surface area contributed by atoms with Crippen LogP contribution in [0.15, 0.2) is 29.2 Å². The summed E-state index contributed by atoms with van der Waals surface area (Å²) >= 11 is 0. The van der Waals surface area contributed by atoms with Crippen LogP contribution in [0.1, 0.15) is 0 Å². The van der Waals surface area contributed by atoms with Gasteiger partial charge in [0, 0.05) is 11.9 Å². The second-order valence-electron chi connectivity index (χ2n) is 3.05. The molecule has 0 aromatic heterocycles. The highest BCUT2D eigenvalue weighted by atomic mass is 32.2. The highest BCUT2D eigenvalue weighted by molar-refractivity contribution is 7.90. The number of carboxylic acid groups (broad SMARTS) is 1. The molecule has 0 aliphatic rings. The van der Waals surface area contributed by atoms with E-state index in [4.69, 9.17) is 5.11 Å². The number of aliphatic carboxylic acids is 1. The third-order valence-corrected chi connectivity index (χ3v) is 2.82. The van der Waals surface area contributed by atoms with E-state index in [0.717, 1.165) is 6.26 Å². The zero-order chi connectivity index (χ0) is 11.5. The molecule has 0 aliphatic carbocycles. The van der Waals surface area contributed by atoms with Crippen LogP contribution in [0.25, 0.3) is 0 Å². The molecule has 1 aromatic carbocycles. The first-order chi connectivity index (χ1) is 6.89. The molecule has 0 atom stereocenters. The topological polar surface area (TPSA) is 83.5 Å². The van der Waals surface area contributed by atoms with Gasteiger partial charge in [-0.1, -0.05) is 6.07 Å². The Kier molecular flexibility index (Phi) is 3.31. The third kappa shape index (κ3) is 3.59. The maximum atomic E-state index is 11.2. The normalized spacial score (nSPS) is 11.0. The highest BCUT2D eigenvalue weighted by Gasteiger charge is 2.07. The van der Waals surface area contributed by atoms with Crippen LogP contribution in [-0.2, 0) is 14.6 Å². The molecule has 0 radical (unpaired) electrons. The Morgan fingerprint density at radius 1 is 1.47 bits per heavy atom. The lowest BCUT2D eigenvalue weighted by Gasteiger charge is -2.04. The summed E-state index contributed by atoms with van der Waals surface area (Å²) in [6, 6.07) is 6.03. The van der Waals surface area contributed by atoms with Crippen molar-refractivity contribution >= 4 is 21.5 Å². The highest BCUT2D eigenvalue weighted by Crippen LogP contribution is 2.14. The van der Waals surface area contributed by atoms with E-state index in [1.165, 1.54) is 12.1 Å². The van der Waals surface area contributed by atoms with Crippen molar-refractivity contribution in [3.63, 3.8) is 0 Å². The predicted octanol–water partition coefficient (Wildman–Crippen LogP) is 0.587. The second kappa shape index (κ2) is 4.31. The SMILES string of the molecule is CS(=O)(=O)c1cccc(NCC(=O)O)c1. The second-order valence-corrected chi connectivity index (χ2v) is 5.06. The quantitative estimate of drug-likeness (QED) is 0.789. The van der Waals surface area contributed by atoms with Crippen LogP contribution >= 0.6 is 0 Å². The molecule has 6 heteroatoms. The number of benzene rings is 1. The van der Waals surface area contributed by atoms with Crippen LogP contribution in [0.5, 0.6) is 0 Å². The van der Waals surface area contributed by atoms with Crippen molar-refractivity contribution in [2.75, 3.05) is 18.1 Å². The molecule has 0 amide bonds. The molecule has 0 saturated heterocycles. The molecule has 2 N–H and O–H groups in total. The van der Waals surface area contributed by atoms with E-state index in [2.05, 4.69) is 5.32 Å².